The Kier molecular flexibility index (Phi) is 22.9. The van der Waals surface area contributed by atoms with Crippen molar-refractivity contribution in [1.82, 2.24) is 5.32 Å². The Bertz CT molecular complexity index is 244. The minimum Gasteiger partial charge on any atom is -0.366 e. The van der Waals surface area contributed by atoms with Gasteiger partial charge in [-0.05, 0) is 25.3 Å². The van der Waals surface area contributed by atoms with Crippen molar-refractivity contribution in [1.29, 1.82) is 0 Å². The molecule has 0 aliphatic rings. The highest BCUT2D eigenvalue weighted by Crippen LogP contribution is 2.21. The molecule has 1 N–H and O–H groups in total. The van der Waals surface area contributed by atoms with Gasteiger partial charge in [-0.3, -0.25) is 5.32 Å². The van der Waals surface area contributed by atoms with Crippen LogP contribution in [0.5, 0.6) is 0 Å². The molecule has 0 aliphatic heterocycles. The van der Waals surface area contributed by atoms with Gasteiger partial charge in [-0.2, -0.15) is 0 Å². The van der Waals surface area contributed by atoms with Crippen molar-refractivity contribution in [3.8, 4) is 0 Å². The summed E-state index contributed by atoms with van der Waals surface area (Å²) < 4.78 is 5.85. The minimum absolute atomic E-state index is 0.742. The smallest absolute Gasteiger partial charge is 0.0965 e. The van der Waals surface area contributed by atoms with Crippen molar-refractivity contribution < 1.29 is 4.74 Å². The van der Waals surface area contributed by atoms with Gasteiger partial charge in [0, 0.05) is 6.61 Å². The van der Waals surface area contributed by atoms with E-state index >= 15 is 0 Å². The van der Waals surface area contributed by atoms with Crippen LogP contribution in [0.25, 0.3) is 0 Å². The molecular weight excluding hydrogens is 318 g/mol. The Morgan fingerprint density at radius 1 is 0.577 bits per heavy atom. The van der Waals surface area contributed by atoms with Gasteiger partial charge in [0.25, 0.3) is 0 Å². The average molecular weight is 370 g/mol. The maximum absolute atomic E-state index is 5.85. The highest BCUT2D eigenvalue weighted by atomic mass is 16.5. The molecule has 0 heterocycles. The van der Waals surface area contributed by atoms with Gasteiger partial charge in [0.2, 0.25) is 0 Å². The summed E-state index contributed by atoms with van der Waals surface area (Å²) in [6.07, 6.45) is 23.5. The van der Waals surface area contributed by atoms with Crippen molar-refractivity contribution in [2.45, 2.75) is 130 Å². The molecule has 1 unspecified atom stereocenters. The SMILES string of the molecule is CCCCCCCCC(CCCCCC)CCOCNCCCCCC. The molecule has 0 radical (unpaired) electrons. The van der Waals surface area contributed by atoms with Crippen LogP contribution in [0, 0.1) is 5.92 Å². The first kappa shape index (κ1) is 25.9. The first-order valence-corrected chi connectivity index (χ1v) is 12.1. The predicted octanol–water partition coefficient (Wildman–Crippen LogP) is 7.86. The van der Waals surface area contributed by atoms with Gasteiger partial charge < -0.3 is 4.74 Å². The highest BCUT2D eigenvalue weighted by Gasteiger charge is 2.08. The van der Waals surface area contributed by atoms with Gasteiger partial charge >= 0.3 is 0 Å². The van der Waals surface area contributed by atoms with Gasteiger partial charge in [0.05, 0.1) is 6.73 Å². The second kappa shape index (κ2) is 23.0. The van der Waals surface area contributed by atoms with E-state index in [0.717, 1.165) is 25.8 Å². The summed E-state index contributed by atoms with van der Waals surface area (Å²) in [5, 5.41) is 3.43. The molecule has 0 aromatic heterocycles. The second-order valence-corrected chi connectivity index (χ2v) is 8.17. The summed E-state index contributed by atoms with van der Waals surface area (Å²) >= 11 is 0. The van der Waals surface area contributed by atoms with Crippen LogP contribution in [0.3, 0.4) is 0 Å². The average Bonchev–Trinajstić information content (AvgIpc) is 2.65. The van der Waals surface area contributed by atoms with E-state index in [1.165, 1.54) is 109 Å². The van der Waals surface area contributed by atoms with Crippen molar-refractivity contribution in [3.63, 3.8) is 0 Å². The van der Waals surface area contributed by atoms with Crippen LogP contribution >= 0.6 is 0 Å². The number of ether oxygens (including phenoxy) is 1. The molecule has 0 aliphatic carbocycles. The van der Waals surface area contributed by atoms with Crippen LogP contribution in [0.2, 0.25) is 0 Å². The minimum atomic E-state index is 0.742. The van der Waals surface area contributed by atoms with E-state index in [2.05, 4.69) is 26.1 Å². The van der Waals surface area contributed by atoms with E-state index in [1.54, 1.807) is 0 Å². The molecule has 0 saturated carbocycles. The van der Waals surface area contributed by atoms with E-state index in [-0.39, 0.29) is 0 Å². The lowest BCUT2D eigenvalue weighted by atomic mass is 9.92. The number of nitrogens with one attached hydrogen (secondary N) is 1. The first-order valence-electron chi connectivity index (χ1n) is 12.1. The Balaban J connectivity index is 3.68. The molecule has 1 atom stereocenters. The van der Waals surface area contributed by atoms with Gasteiger partial charge in [-0.15, -0.1) is 0 Å². The molecule has 0 fully saturated rings. The fourth-order valence-electron chi connectivity index (χ4n) is 3.65. The molecule has 0 spiro atoms. The van der Waals surface area contributed by atoms with Crippen molar-refractivity contribution >= 4 is 0 Å². The zero-order chi connectivity index (χ0) is 19.1. The van der Waals surface area contributed by atoms with Crippen LogP contribution in [0.4, 0.5) is 0 Å². The third-order valence-electron chi connectivity index (χ3n) is 5.51. The molecule has 0 saturated heterocycles. The monoisotopic (exact) mass is 369 g/mol. The quantitative estimate of drug-likeness (QED) is 0.155. The molecular formula is C24H51NO. The molecule has 0 rings (SSSR count). The number of hydrogen-bond donors (Lipinski definition) is 1. The van der Waals surface area contributed by atoms with Crippen molar-refractivity contribution in [3.05, 3.63) is 0 Å². The van der Waals surface area contributed by atoms with E-state index in [4.69, 9.17) is 4.74 Å². The molecule has 26 heavy (non-hydrogen) atoms. The summed E-state index contributed by atoms with van der Waals surface area (Å²) in [6, 6.07) is 0. The maximum atomic E-state index is 5.85. The summed E-state index contributed by atoms with van der Waals surface area (Å²) in [5.41, 5.74) is 0. The highest BCUT2D eigenvalue weighted by molar-refractivity contribution is 4.61. The zero-order valence-corrected chi connectivity index (χ0v) is 18.6. The summed E-state index contributed by atoms with van der Waals surface area (Å²) in [7, 11) is 0. The molecule has 2 nitrogen and oxygen atoms in total. The van der Waals surface area contributed by atoms with Gasteiger partial charge in [0.15, 0.2) is 0 Å². The second-order valence-electron chi connectivity index (χ2n) is 8.17. The Morgan fingerprint density at radius 2 is 1.08 bits per heavy atom. The largest absolute Gasteiger partial charge is 0.366 e. The standard InChI is InChI=1S/C24H51NO/c1-4-7-10-13-14-16-19-24(18-15-11-8-5-2)20-22-26-23-25-21-17-12-9-6-3/h24-25H,4-23H2,1-3H3. The third-order valence-corrected chi connectivity index (χ3v) is 5.51. The van der Waals surface area contributed by atoms with Crippen LogP contribution < -0.4 is 5.32 Å². The van der Waals surface area contributed by atoms with Gasteiger partial charge in [0.1, 0.15) is 0 Å². The lowest BCUT2D eigenvalue weighted by molar-refractivity contribution is 0.101. The van der Waals surface area contributed by atoms with Crippen LogP contribution in [0.15, 0.2) is 0 Å². The molecule has 0 aromatic carbocycles. The van der Waals surface area contributed by atoms with E-state index < -0.39 is 0 Å². The van der Waals surface area contributed by atoms with Gasteiger partial charge in [-0.1, -0.05) is 117 Å². The third kappa shape index (κ3) is 20.2. The van der Waals surface area contributed by atoms with E-state index in [9.17, 15) is 0 Å². The molecule has 0 amide bonds. The molecule has 2 heteroatoms. The normalized spacial score (nSPS) is 12.6. The summed E-state index contributed by atoms with van der Waals surface area (Å²) in [5.74, 6) is 0.891. The van der Waals surface area contributed by atoms with E-state index in [0.29, 0.717) is 0 Å². The van der Waals surface area contributed by atoms with E-state index in [1.807, 2.05) is 0 Å². The lowest BCUT2D eigenvalue weighted by Crippen LogP contribution is -2.20. The summed E-state index contributed by atoms with van der Waals surface area (Å²) in [6.45, 7) is 9.66. The Hall–Kier alpha value is -0.0800. The van der Waals surface area contributed by atoms with Crippen molar-refractivity contribution in [2.24, 2.45) is 5.92 Å². The maximum Gasteiger partial charge on any atom is 0.0965 e. The fraction of sp³-hybridized carbons (Fsp3) is 1.00. The number of rotatable bonds is 22. The number of unbranched alkanes of at least 4 members (excludes halogenated alkanes) is 11. The topological polar surface area (TPSA) is 21.3 Å². The van der Waals surface area contributed by atoms with Crippen molar-refractivity contribution in [2.75, 3.05) is 19.9 Å². The zero-order valence-electron chi connectivity index (χ0n) is 18.6. The Labute approximate surface area is 166 Å². The lowest BCUT2D eigenvalue weighted by Gasteiger charge is -2.17. The predicted molar refractivity (Wildman–Crippen MR) is 118 cm³/mol. The first-order chi connectivity index (χ1) is 12.8. The molecule has 0 aromatic rings. The molecule has 158 valence electrons. The fourth-order valence-corrected chi connectivity index (χ4v) is 3.65. The van der Waals surface area contributed by atoms with Gasteiger partial charge in [-0.25, -0.2) is 0 Å². The summed E-state index contributed by atoms with van der Waals surface area (Å²) in [4.78, 5) is 0. The number of hydrogen-bond acceptors (Lipinski definition) is 2. The van der Waals surface area contributed by atoms with Crippen LogP contribution in [-0.4, -0.2) is 19.9 Å². The van der Waals surface area contributed by atoms with Crippen LogP contribution in [0.1, 0.15) is 130 Å². The van der Waals surface area contributed by atoms with Crippen LogP contribution in [-0.2, 0) is 4.74 Å². The molecule has 0 bridgehead atoms. The Morgan fingerprint density at radius 3 is 1.69 bits per heavy atom.